The van der Waals surface area contributed by atoms with Gasteiger partial charge in [0.15, 0.2) is 11.0 Å². The normalized spacial score (nSPS) is 12.2. The van der Waals surface area contributed by atoms with Crippen molar-refractivity contribution < 1.29 is 13.7 Å². The van der Waals surface area contributed by atoms with Crippen LogP contribution in [0.3, 0.4) is 0 Å². The summed E-state index contributed by atoms with van der Waals surface area (Å²) in [6, 6.07) is 10.3. The fourth-order valence-electron chi connectivity index (χ4n) is 1.74. The average Bonchev–Trinajstić information content (AvgIpc) is 2.48. The molecule has 0 aromatic heterocycles. The number of aliphatic hydroxyl groups is 1. The van der Waals surface area contributed by atoms with E-state index in [1.54, 1.807) is 24.3 Å². The van der Waals surface area contributed by atoms with Crippen LogP contribution in [0.4, 0.5) is 10.1 Å². The van der Waals surface area contributed by atoms with Gasteiger partial charge in [0.25, 0.3) is 0 Å². The lowest BCUT2D eigenvalue weighted by atomic mass is 10.3. The summed E-state index contributed by atoms with van der Waals surface area (Å²) in [6.07, 6.45) is 0. The molecule has 1 N–H and O–H groups in total. The van der Waals surface area contributed by atoms with Gasteiger partial charge >= 0.3 is 0 Å². The zero-order valence-electron chi connectivity index (χ0n) is 10.8. The smallest absolute Gasteiger partial charge is 0.153 e. The molecule has 112 valence electrons. The molecular formula is C14H12Cl2FNO2S. The zero-order valence-corrected chi connectivity index (χ0v) is 13.1. The molecule has 0 aliphatic heterocycles. The molecule has 3 nitrogen and oxygen atoms in total. The highest BCUT2D eigenvalue weighted by molar-refractivity contribution is 7.86. The molecule has 0 bridgehead atoms. The lowest BCUT2D eigenvalue weighted by molar-refractivity contribution is 0.307. The Hall–Kier alpha value is -1.14. The average molecular weight is 348 g/mol. The van der Waals surface area contributed by atoms with Crippen LogP contribution >= 0.6 is 23.2 Å². The van der Waals surface area contributed by atoms with Crippen molar-refractivity contribution in [2.75, 3.05) is 17.5 Å². The topological polar surface area (TPSA) is 40.5 Å². The van der Waals surface area contributed by atoms with Gasteiger partial charge in [0.05, 0.1) is 23.7 Å². The molecular weight excluding hydrogens is 336 g/mol. The van der Waals surface area contributed by atoms with Crippen LogP contribution in [0.25, 0.3) is 0 Å². The van der Waals surface area contributed by atoms with Gasteiger partial charge in [-0.05, 0) is 42.5 Å². The van der Waals surface area contributed by atoms with Crippen LogP contribution in [0.5, 0.6) is 0 Å². The SMILES string of the molecule is O=S(c1ccc(Cl)cc1)N(CCO)c1cc(Cl)ccc1F. The van der Waals surface area contributed by atoms with Crippen molar-refractivity contribution in [1.82, 2.24) is 0 Å². The molecule has 0 aliphatic carbocycles. The van der Waals surface area contributed by atoms with Crippen molar-refractivity contribution in [1.29, 1.82) is 0 Å². The van der Waals surface area contributed by atoms with E-state index in [0.29, 0.717) is 14.9 Å². The first-order chi connectivity index (χ1) is 10.0. The molecule has 0 saturated carbocycles. The second-order valence-electron chi connectivity index (χ2n) is 4.12. The van der Waals surface area contributed by atoms with E-state index in [4.69, 9.17) is 28.3 Å². The Bertz CT molecular complexity index is 652. The van der Waals surface area contributed by atoms with Crippen molar-refractivity contribution >= 4 is 39.9 Å². The summed E-state index contributed by atoms with van der Waals surface area (Å²) in [4.78, 5) is 0.451. The van der Waals surface area contributed by atoms with Crippen LogP contribution in [0.1, 0.15) is 0 Å². The van der Waals surface area contributed by atoms with Crippen LogP contribution < -0.4 is 4.31 Å². The molecule has 21 heavy (non-hydrogen) atoms. The van der Waals surface area contributed by atoms with Crippen molar-refractivity contribution in [3.8, 4) is 0 Å². The Balaban J connectivity index is 2.40. The zero-order chi connectivity index (χ0) is 15.4. The van der Waals surface area contributed by atoms with Crippen LogP contribution in [-0.2, 0) is 11.0 Å². The number of hydrogen-bond donors (Lipinski definition) is 1. The molecule has 2 aromatic rings. The molecule has 0 aliphatic rings. The summed E-state index contributed by atoms with van der Waals surface area (Å²) in [6.45, 7) is -0.266. The third-order valence-electron chi connectivity index (χ3n) is 2.70. The quantitative estimate of drug-likeness (QED) is 0.896. The van der Waals surface area contributed by atoms with Gasteiger partial charge in [0.1, 0.15) is 5.82 Å². The summed E-state index contributed by atoms with van der Waals surface area (Å²) < 4.78 is 27.8. The van der Waals surface area contributed by atoms with E-state index in [2.05, 4.69) is 0 Å². The van der Waals surface area contributed by atoms with E-state index >= 15 is 0 Å². The largest absolute Gasteiger partial charge is 0.394 e. The van der Waals surface area contributed by atoms with Crippen molar-refractivity contribution in [3.63, 3.8) is 0 Å². The van der Waals surface area contributed by atoms with E-state index in [-0.39, 0.29) is 18.8 Å². The minimum Gasteiger partial charge on any atom is -0.394 e. The maximum absolute atomic E-state index is 13.9. The Morgan fingerprint density at radius 3 is 2.33 bits per heavy atom. The van der Waals surface area contributed by atoms with Gasteiger partial charge in [0.2, 0.25) is 0 Å². The Labute approximate surface area is 134 Å². The Morgan fingerprint density at radius 2 is 1.71 bits per heavy atom. The number of aliphatic hydroxyl groups excluding tert-OH is 1. The number of anilines is 1. The monoisotopic (exact) mass is 347 g/mol. The number of hydrogen-bond acceptors (Lipinski definition) is 2. The number of halogens is 3. The van der Waals surface area contributed by atoms with Gasteiger partial charge in [-0.3, -0.25) is 4.31 Å². The van der Waals surface area contributed by atoms with E-state index in [0.717, 1.165) is 0 Å². The predicted octanol–water partition coefficient (Wildman–Crippen LogP) is 3.65. The molecule has 2 aromatic carbocycles. The third-order valence-corrected chi connectivity index (χ3v) is 4.64. The first kappa shape index (κ1) is 16.2. The minimum absolute atomic E-state index is 0.00645. The maximum Gasteiger partial charge on any atom is 0.153 e. The highest BCUT2D eigenvalue weighted by Crippen LogP contribution is 2.27. The molecule has 0 fully saturated rings. The molecule has 0 radical (unpaired) electrons. The second kappa shape index (κ2) is 7.22. The summed E-state index contributed by atoms with van der Waals surface area (Å²) in [5.41, 5.74) is 0.0739. The molecule has 0 spiro atoms. The number of nitrogens with zero attached hydrogens (tertiary/aromatic N) is 1. The summed E-state index contributed by atoms with van der Waals surface area (Å²) in [7, 11) is -1.68. The fraction of sp³-hybridized carbons (Fsp3) is 0.143. The lowest BCUT2D eigenvalue weighted by Gasteiger charge is -2.23. The summed E-state index contributed by atoms with van der Waals surface area (Å²) in [5, 5.41) is 9.98. The van der Waals surface area contributed by atoms with Crippen LogP contribution in [-0.4, -0.2) is 22.5 Å². The van der Waals surface area contributed by atoms with Crippen LogP contribution in [0.15, 0.2) is 47.4 Å². The molecule has 2 rings (SSSR count). The van der Waals surface area contributed by atoms with Crippen molar-refractivity contribution in [2.24, 2.45) is 0 Å². The second-order valence-corrected chi connectivity index (χ2v) is 6.41. The number of benzene rings is 2. The van der Waals surface area contributed by atoms with Gasteiger partial charge in [-0.2, -0.15) is 0 Å². The first-order valence-electron chi connectivity index (χ1n) is 6.04. The van der Waals surface area contributed by atoms with Crippen molar-refractivity contribution in [3.05, 3.63) is 58.3 Å². The summed E-state index contributed by atoms with van der Waals surface area (Å²) in [5.74, 6) is -0.560. The Morgan fingerprint density at radius 1 is 1.10 bits per heavy atom. The van der Waals surface area contributed by atoms with Gasteiger partial charge in [-0.15, -0.1) is 0 Å². The van der Waals surface area contributed by atoms with Crippen LogP contribution in [0.2, 0.25) is 10.0 Å². The third kappa shape index (κ3) is 3.95. The maximum atomic E-state index is 13.9. The molecule has 7 heteroatoms. The fourth-order valence-corrected chi connectivity index (χ4v) is 3.22. The van der Waals surface area contributed by atoms with E-state index in [9.17, 15) is 8.60 Å². The van der Waals surface area contributed by atoms with Crippen LogP contribution in [0, 0.1) is 5.82 Å². The minimum atomic E-state index is -1.68. The van der Waals surface area contributed by atoms with Gasteiger partial charge in [-0.25, -0.2) is 8.60 Å². The molecule has 1 atom stereocenters. The van der Waals surface area contributed by atoms with Gasteiger partial charge < -0.3 is 5.11 Å². The van der Waals surface area contributed by atoms with E-state index in [1.807, 2.05) is 0 Å². The number of rotatable bonds is 5. The Kier molecular flexibility index (Phi) is 5.58. The summed E-state index contributed by atoms with van der Waals surface area (Å²) >= 11 is 11.7. The standard InChI is InChI=1S/C14H12Cl2FNO2S/c15-10-1-4-12(5-2-10)21(20)18(7-8-19)14-9-11(16)3-6-13(14)17/h1-6,9,19H,7-8H2. The van der Waals surface area contributed by atoms with Gasteiger partial charge in [-0.1, -0.05) is 23.2 Å². The highest BCUT2D eigenvalue weighted by Gasteiger charge is 2.19. The highest BCUT2D eigenvalue weighted by atomic mass is 35.5. The van der Waals surface area contributed by atoms with Crippen molar-refractivity contribution in [2.45, 2.75) is 4.90 Å². The molecule has 1 unspecified atom stereocenters. The van der Waals surface area contributed by atoms with Gasteiger partial charge in [0, 0.05) is 10.0 Å². The van der Waals surface area contributed by atoms with E-state index in [1.165, 1.54) is 22.5 Å². The first-order valence-corrected chi connectivity index (χ1v) is 7.90. The molecule has 0 heterocycles. The lowest BCUT2D eigenvalue weighted by Crippen LogP contribution is -2.29. The molecule has 0 saturated heterocycles. The molecule has 0 amide bonds. The van der Waals surface area contributed by atoms with E-state index < -0.39 is 16.8 Å². The predicted molar refractivity (Wildman–Crippen MR) is 83.7 cm³/mol.